The fourth-order valence-electron chi connectivity index (χ4n) is 2.22. The lowest BCUT2D eigenvalue weighted by Crippen LogP contribution is -2.14. The molecule has 2 nitrogen and oxygen atoms in total. The Kier molecular flexibility index (Phi) is 6.05. The van der Waals surface area contributed by atoms with Gasteiger partial charge in [0.05, 0.1) is 25.8 Å². The Bertz CT molecular complexity index is 931. The van der Waals surface area contributed by atoms with E-state index in [4.69, 9.17) is 46.4 Å². The number of halogens is 5. The maximum atomic E-state index is 13.3. The molecule has 0 atom stereocenters. The van der Waals surface area contributed by atoms with Crippen molar-refractivity contribution in [1.82, 2.24) is 0 Å². The number of benzene rings is 3. The summed E-state index contributed by atoms with van der Waals surface area (Å²) >= 11 is 24.9. The quantitative estimate of drug-likeness (QED) is 0.337. The molecular weight excluding hydrogens is 417 g/mol. The summed E-state index contributed by atoms with van der Waals surface area (Å²) < 4.78 is 13.3. The van der Waals surface area contributed by atoms with E-state index in [2.05, 4.69) is 10.3 Å². The zero-order valence-corrected chi connectivity index (χ0v) is 16.1. The van der Waals surface area contributed by atoms with Crippen LogP contribution in [0.2, 0.25) is 20.1 Å². The number of hydrogen-bond donors (Lipinski definition) is 1. The van der Waals surface area contributed by atoms with Crippen molar-refractivity contribution in [2.75, 3.05) is 5.32 Å². The Balaban J connectivity index is 2.14. The lowest BCUT2D eigenvalue weighted by Gasteiger charge is -2.14. The third kappa shape index (κ3) is 4.30. The van der Waals surface area contributed by atoms with Gasteiger partial charge in [-0.3, -0.25) is 0 Å². The van der Waals surface area contributed by atoms with Gasteiger partial charge >= 0.3 is 0 Å². The molecule has 1 N–H and O–H groups in total. The van der Waals surface area contributed by atoms with Crippen molar-refractivity contribution >= 4 is 63.6 Å². The lowest BCUT2D eigenvalue weighted by molar-refractivity contribution is 0.628. The number of amidine groups is 1. The Labute approximate surface area is 170 Å². The van der Waals surface area contributed by atoms with Crippen molar-refractivity contribution in [3.8, 4) is 0 Å². The van der Waals surface area contributed by atoms with Crippen LogP contribution in [-0.4, -0.2) is 5.84 Å². The highest BCUT2D eigenvalue weighted by molar-refractivity contribution is 6.41. The monoisotopic (exact) mass is 426 g/mol. The molecule has 0 unspecified atom stereocenters. The summed E-state index contributed by atoms with van der Waals surface area (Å²) in [5.41, 5.74) is 1.46. The van der Waals surface area contributed by atoms with Crippen molar-refractivity contribution in [2.24, 2.45) is 4.99 Å². The third-order valence-corrected chi connectivity index (χ3v) is 4.72. The molecule has 0 aliphatic rings. The van der Waals surface area contributed by atoms with Crippen LogP contribution in [0.5, 0.6) is 0 Å². The van der Waals surface area contributed by atoms with Gasteiger partial charge in [0.1, 0.15) is 17.3 Å². The van der Waals surface area contributed by atoms with Gasteiger partial charge in [0.25, 0.3) is 0 Å². The average Bonchev–Trinajstić information content (AvgIpc) is 2.60. The third-order valence-electron chi connectivity index (χ3n) is 3.48. The van der Waals surface area contributed by atoms with E-state index in [9.17, 15) is 4.39 Å². The first-order valence-electron chi connectivity index (χ1n) is 7.45. The van der Waals surface area contributed by atoms with Gasteiger partial charge < -0.3 is 5.32 Å². The van der Waals surface area contributed by atoms with Gasteiger partial charge in [-0.2, -0.15) is 0 Å². The fourth-order valence-corrected chi connectivity index (χ4v) is 3.19. The van der Waals surface area contributed by atoms with E-state index in [0.29, 0.717) is 42.9 Å². The van der Waals surface area contributed by atoms with Crippen molar-refractivity contribution in [3.05, 3.63) is 92.1 Å². The first-order chi connectivity index (χ1) is 12.5. The van der Waals surface area contributed by atoms with Crippen LogP contribution in [0.1, 0.15) is 5.56 Å². The van der Waals surface area contributed by atoms with E-state index < -0.39 is 0 Å². The van der Waals surface area contributed by atoms with Crippen molar-refractivity contribution < 1.29 is 4.39 Å². The van der Waals surface area contributed by atoms with Gasteiger partial charge in [-0.25, -0.2) is 9.38 Å². The van der Waals surface area contributed by atoms with Gasteiger partial charge in [0.15, 0.2) is 0 Å². The fraction of sp³-hybridized carbons (Fsp3) is 0. The summed E-state index contributed by atoms with van der Waals surface area (Å²) in [6.45, 7) is 0. The molecule has 7 heteroatoms. The largest absolute Gasteiger partial charge is 0.337 e. The Hall–Kier alpha value is -1.78. The smallest absolute Gasteiger partial charge is 0.138 e. The summed E-state index contributed by atoms with van der Waals surface area (Å²) in [7, 11) is 0. The summed E-state index contributed by atoms with van der Waals surface area (Å²) in [6, 6.07) is 16.0. The summed E-state index contributed by atoms with van der Waals surface area (Å²) in [5, 5.41) is 4.69. The van der Waals surface area contributed by atoms with Crippen LogP contribution in [0, 0.1) is 5.82 Å². The van der Waals surface area contributed by atoms with E-state index in [0.717, 1.165) is 0 Å². The minimum atomic E-state index is -0.361. The first kappa shape index (κ1) is 19.0. The highest BCUT2D eigenvalue weighted by atomic mass is 35.5. The van der Waals surface area contributed by atoms with Crippen molar-refractivity contribution in [1.29, 1.82) is 0 Å². The molecule has 0 aliphatic heterocycles. The maximum Gasteiger partial charge on any atom is 0.138 e. The van der Waals surface area contributed by atoms with Crippen LogP contribution in [0.15, 0.2) is 65.7 Å². The number of hydrogen-bond acceptors (Lipinski definition) is 1. The second-order valence-corrected chi connectivity index (χ2v) is 6.89. The number of anilines is 1. The Morgan fingerprint density at radius 3 is 1.77 bits per heavy atom. The molecule has 0 fully saturated rings. The van der Waals surface area contributed by atoms with E-state index >= 15 is 0 Å². The normalized spacial score (nSPS) is 11.5. The number of nitrogens with zero attached hydrogens (tertiary/aromatic N) is 1. The molecule has 0 bridgehead atoms. The van der Waals surface area contributed by atoms with E-state index in [1.54, 1.807) is 48.5 Å². The number of rotatable bonds is 3. The van der Waals surface area contributed by atoms with Crippen molar-refractivity contribution in [2.45, 2.75) is 0 Å². The van der Waals surface area contributed by atoms with Gasteiger partial charge in [-0.15, -0.1) is 0 Å². The van der Waals surface area contributed by atoms with E-state index in [1.165, 1.54) is 12.1 Å². The molecule has 0 radical (unpaired) electrons. The van der Waals surface area contributed by atoms with E-state index in [-0.39, 0.29) is 5.82 Å². The Morgan fingerprint density at radius 2 is 1.23 bits per heavy atom. The maximum absolute atomic E-state index is 13.3. The molecule has 0 saturated carbocycles. The standard InChI is InChI=1S/C19H11Cl4FN2/c20-13-3-1-4-14(21)17(13)25-19(11-7-9-12(24)10-8-11)26-18-15(22)5-2-6-16(18)23/h1-10H,(H,25,26). The molecule has 3 aromatic carbocycles. The van der Waals surface area contributed by atoms with Crippen LogP contribution in [0.3, 0.4) is 0 Å². The zero-order valence-electron chi connectivity index (χ0n) is 13.1. The highest BCUT2D eigenvalue weighted by Crippen LogP contribution is 2.35. The predicted molar refractivity (Wildman–Crippen MR) is 109 cm³/mol. The zero-order chi connectivity index (χ0) is 18.7. The van der Waals surface area contributed by atoms with Crippen LogP contribution in [-0.2, 0) is 0 Å². The average molecular weight is 428 g/mol. The number of aliphatic imine (C=N–C) groups is 1. The van der Waals surface area contributed by atoms with Gasteiger partial charge in [0.2, 0.25) is 0 Å². The summed E-state index contributed by atoms with van der Waals surface area (Å²) in [6.07, 6.45) is 0. The number of nitrogens with one attached hydrogen (secondary N) is 1. The van der Waals surface area contributed by atoms with E-state index in [1.807, 2.05) is 0 Å². The molecule has 3 aromatic rings. The minimum absolute atomic E-state index is 0.361. The first-order valence-corrected chi connectivity index (χ1v) is 8.96. The molecule has 0 aromatic heterocycles. The second-order valence-electron chi connectivity index (χ2n) is 5.26. The summed E-state index contributed by atoms with van der Waals surface area (Å²) in [5.74, 6) is 0.00894. The molecule has 26 heavy (non-hydrogen) atoms. The minimum Gasteiger partial charge on any atom is -0.337 e. The molecule has 0 spiro atoms. The lowest BCUT2D eigenvalue weighted by atomic mass is 10.2. The molecule has 3 rings (SSSR count). The molecule has 0 heterocycles. The predicted octanol–water partition coefficient (Wildman–Crippen LogP) is 7.63. The molecule has 0 saturated heterocycles. The Morgan fingerprint density at radius 1 is 0.731 bits per heavy atom. The van der Waals surface area contributed by atoms with Crippen LogP contribution in [0.25, 0.3) is 0 Å². The van der Waals surface area contributed by atoms with Crippen LogP contribution >= 0.6 is 46.4 Å². The summed E-state index contributed by atoms with van der Waals surface area (Å²) in [4.78, 5) is 4.54. The molecule has 0 amide bonds. The highest BCUT2D eigenvalue weighted by Gasteiger charge is 2.13. The molecule has 132 valence electrons. The SMILES string of the molecule is Fc1ccc(C(=Nc2c(Cl)cccc2Cl)Nc2c(Cl)cccc2Cl)cc1. The van der Waals surface area contributed by atoms with Gasteiger partial charge in [-0.1, -0.05) is 58.5 Å². The topological polar surface area (TPSA) is 24.4 Å². The molecular formula is C19H11Cl4FN2. The van der Waals surface area contributed by atoms with Crippen LogP contribution in [0.4, 0.5) is 15.8 Å². The number of para-hydroxylation sites is 2. The molecule has 0 aliphatic carbocycles. The van der Waals surface area contributed by atoms with Gasteiger partial charge in [-0.05, 0) is 48.5 Å². The van der Waals surface area contributed by atoms with Crippen molar-refractivity contribution in [3.63, 3.8) is 0 Å². The van der Waals surface area contributed by atoms with Gasteiger partial charge in [0, 0.05) is 5.56 Å². The van der Waals surface area contributed by atoms with Crippen LogP contribution < -0.4 is 5.32 Å². The second kappa shape index (κ2) is 8.28.